The fourth-order valence-electron chi connectivity index (χ4n) is 3.03. The minimum absolute atomic E-state index is 0.00136. The molecule has 2 N–H and O–H groups in total. The number of hydrogen-bond donors (Lipinski definition) is 2. The summed E-state index contributed by atoms with van der Waals surface area (Å²) in [5.74, 6) is -0.220. The largest absolute Gasteiger partial charge is 0.493 e. The fraction of sp³-hybridized carbons (Fsp3) is 0.227. The van der Waals surface area contributed by atoms with E-state index in [0.717, 1.165) is 10.5 Å². The molecule has 0 radical (unpaired) electrons. The topological polar surface area (TPSA) is 97.0 Å². The average Bonchev–Trinajstić information content (AvgIpc) is 2.97. The summed E-state index contributed by atoms with van der Waals surface area (Å²) in [7, 11) is 1.49. The van der Waals surface area contributed by atoms with Crippen LogP contribution in [-0.4, -0.2) is 43.0 Å². The highest BCUT2D eigenvalue weighted by Crippen LogP contribution is 2.34. The van der Waals surface area contributed by atoms with Gasteiger partial charge in [0.25, 0.3) is 5.91 Å². The number of hydrogen-bond acceptors (Lipinski definition) is 5. The minimum atomic E-state index is -0.690. The summed E-state index contributed by atoms with van der Waals surface area (Å²) in [5.41, 5.74) is 2.01. The lowest BCUT2D eigenvalue weighted by molar-refractivity contribution is -0.127. The van der Waals surface area contributed by atoms with Crippen molar-refractivity contribution in [1.82, 2.24) is 10.2 Å². The number of rotatable bonds is 7. The van der Waals surface area contributed by atoms with Crippen LogP contribution in [0, 0.1) is 6.92 Å². The lowest BCUT2D eigenvalue weighted by Crippen LogP contribution is -2.38. The molecule has 4 amide bonds. The monoisotopic (exact) mass is 443 g/mol. The Kier molecular flexibility index (Phi) is 6.81. The predicted octanol–water partition coefficient (Wildman–Crippen LogP) is 3.59. The van der Waals surface area contributed by atoms with Crippen LogP contribution in [0.4, 0.5) is 10.5 Å². The molecule has 31 heavy (non-hydrogen) atoms. The Bertz CT molecular complexity index is 1070. The number of nitrogens with zero attached hydrogens (tertiary/aromatic N) is 1. The summed E-state index contributed by atoms with van der Waals surface area (Å²) in [5, 5.41) is 5.46. The van der Waals surface area contributed by atoms with Gasteiger partial charge in [0.2, 0.25) is 5.91 Å². The first-order valence-corrected chi connectivity index (χ1v) is 9.91. The molecular formula is C22H22ClN3O5. The smallest absolute Gasteiger partial charge is 0.329 e. The highest BCUT2D eigenvalue weighted by Gasteiger charge is 2.35. The van der Waals surface area contributed by atoms with E-state index < -0.39 is 24.4 Å². The van der Waals surface area contributed by atoms with Gasteiger partial charge in [-0.05, 0) is 49.2 Å². The zero-order valence-electron chi connectivity index (χ0n) is 17.3. The van der Waals surface area contributed by atoms with E-state index in [0.29, 0.717) is 34.4 Å². The molecule has 162 valence electrons. The zero-order valence-corrected chi connectivity index (χ0v) is 18.1. The summed E-state index contributed by atoms with van der Waals surface area (Å²) in [6.07, 6.45) is 1.43. The van der Waals surface area contributed by atoms with Crippen LogP contribution in [-0.2, 0) is 9.59 Å². The molecule has 1 saturated heterocycles. The molecule has 2 aromatic rings. The van der Waals surface area contributed by atoms with Gasteiger partial charge in [0.05, 0.1) is 18.7 Å². The van der Waals surface area contributed by atoms with Gasteiger partial charge in [0, 0.05) is 11.8 Å². The van der Waals surface area contributed by atoms with Crippen LogP contribution >= 0.6 is 11.6 Å². The normalized spacial score (nSPS) is 14.6. The number of nitrogens with one attached hydrogen (secondary N) is 2. The second kappa shape index (κ2) is 9.53. The van der Waals surface area contributed by atoms with Crippen molar-refractivity contribution in [2.75, 3.05) is 25.6 Å². The standard InChI is InChI=1S/C22H22ClN3O5/c1-4-31-19-11-16(23)14(10-18(19)30-3)9-17-21(28)26(22(29)25-17)12-20(27)24-15-7-5-6-13(2)8-15/h5-11H,4,12H2,1-3H3,(H,24,27)(H,25,29)/b17-9+. The van der Waals surface area contributed by atoms with E-state index in [-0.39, 0.29) is 5.70 Å². The van der Waals surface area contributed by atoms with E-state index in [9.17, 15) is 14.4 Å². The molecule has 0 unspecified atom stereocenters. The third-order valence-corrected chi connectivity index (χ3v) is 4.78. The van der Waals surface area contributed by atoms with Gasteiger partial charge in [-0.25, -0.2) is 9.69 Å². The van der Waals surface area contributed by atoms with Crippen LogP contribution in [0.3, 0.4) is 0 Å². The van der Waals surface area contributed by atoms with Crippen LogP contribution in [0.2, 0.25) is 5.02 Å². The van der Waals surface area contributed by atoms with E-state index in [1.807, 2.05) is 19.9 Å². The number of benzene rings is 2. The number of ether oxygens (including phenoxy) is 2. The predicted molar refractivity (Wildman–Crippen MR) is 117 cm³/mol. The number of anilines is 1. The molecule has 9 heteroatoms. The first-order valence-electron chi connectivity index (χ1n) is 9.53. The Balaban J connectivity index is 1.76. The number of carbonyl (C=O) groups is 3. The van der Waals surface area contributed by atoms with E-state index in [4.69, 9.17) is 21.1 Å². The molecule has 1 fully saturated rings. The highest BCUT2D eigenvalue weighted by atomic mass is 35.5. The molecule has 0 aliphatic carbocycles. The third-order valence-electron chi connectivity index (χ3n) is 4.45. The number of methoxy groups -OCH3 is 1. The molecular weight excluding hydrogens is 422 g/mol. The number of aryl methyl sites for hydroxylation is 1. The van der Waals surface area contributed by atoms with Crippen LogP contribution in [0.15, 0.2) is 42.1 Å². The van der Waals surface area contributed by atoms with Gasteiger partial charge in [0.15, 0.2) is 11.5 Å². The van der Waals surface area contributed by atoms with E-state index in [1.54, 1.807) is 30.3 Å². The molecule has 0 bridgehead atoms. The average molecular weight is 444 g/mol. The van der Waals surface area contributed by atoms with E-state index in [1.165, 1.54) is 13.2 Å². The van der Waals surface area contributed by atoms with Crippen molar-refractivity contribution in [2.45, 2.75) is 13.8 Å². The summed E-state index contributed by atoms with van der Waals surface area (Å²) >= 11 is 6.30. The molecule has 3 rings (SSSR count). The minimum Gasteiger partial charge on any atom is -0.493 e. The summed E-state index contributed by atoms with van der Waals surface area (Å²) in [4.78, 5) is 38.1. The molecule has 2 aromatic carbocycles. The van der Waals surface area contributed by atoms with Crippen molar-refractivity contribution in [2.24, 2.45) is 0 Å². The molecule has 0 saturated carbocycles. The molecule has 8 nitrogen and oxygen atoms in total. The lowest BCUT2D eigenvalue weighted by atomic mass is 10.1. The number of urea groups is 1. The highest BCUT2D eigenvalue weighted by molar-refractivity contribution is 6.32. The molecule has 0 spiro atoms. The van der Waals surface area contributed by atoms with Gasteiger partial charge in [-0.2, -0.15) is 0 Å². The maximum Gasteiger partial charge on any atom is 0.329 e. The molecule has 1 aliphatic rings. The molecule has 0 atom stereocenters. The first-order chi connectivity index (χ1) is 14.8. The molecule has 1 aliphatic heterocycles. The van der Waals surface area contributed by atoms with E-state index >= 15 is 0 Å². The van der Waals surface area contributed by atoms with Gasteiger partial charge in [-0.3, -0.25) is 9.59 Å². The fourth-order valence-corrected chi connectivity index (χ4v) is 3.24. The summed E-state index contributed by atoms with van der Waals surface area (Å²) in [6.45, 7) is 3.74. The van der Waals surface area contributed by atoms with Crippen LogP contribution in [0.1, 0.15) is 18.1 Å². The number of imide groups is 1. The molecule has 1 heterocycles. The van der Waals surface area contributed by atoms with Crippen molar-refractivity contribution in [3.63, 3.8) is 0 Å². The van der Waals surface area contributed by atoms with Gasteiger partial charge in [0.1, 0.15) is 12.2 Å². The quantitative estimate of drug-likeness (QED) is 0.503. The number of halogens is 1. The van der Waals surface area contributed by atoms with Crippen molar-refractivity contribution in [3.05, 3.63) is 58.2 Å². The van der Waals surface area contributed by atoms with Gasteiger partial charge in [-0.1, -0.05) is 23.7 Å². The Labute approximate surface area is 184 Å². The Morgan fingerprint density at radius 3 is 2.68 bits per heavy atom. The van der Waals surface area contributed by atoms with Crippen LogP contribution in [0.25, 0.3) is 6.08 Å². The van der Waals surface area contributed by atoms with Gasteiger partial charge in [-0.15, -0.1) is 0 Å². The van der Waals surface area contributed by atoms with Crippen LogP contribution in [0.5, 0.6) is 11.5 Å². The first kappa shape index (κ1) is 22.2. The Morgan fingerprint density at radius 2 is 2.00 bits per heavy atom. The van der Waals surface area contributed by atoms with Crippen molar-refractivity contribution in [3.8, 4) is 11.5 Å². The molecule has 0 aromatic heterocycles. The lowest BCUT2D eigenvalue weighted by Gasteiger charge is -2.12. The van der Waals surface area contributed by atoms with Gasteiger partial charge >= 0.3 is 6.03 Å². The SMILES string of the molecule is CCOc1cc(Cl)c(/C=C2/NC(=O)N(CC(=O)Nc3cccc(C)c3)C2=O)cc1OC. The Morgan fingerprint density at radius 1 is 1.23 bits per heavy atom. The van der Waals surface area contributed by atoms with Crippen molar-refractivity contribution < 1.29 is 23.9 Å². The number of amides is 4. The van der Waals surface area contributed by atoms with Gasteiger partial charge < -0.3 is 20.1 Å². The Hall–Kier alpha value is -3.52. The maximum absolute atomic E-state index is 12.7. The second-order valence-electron chi connectivity index (χ2n) is 6.75. The van der Waals surface area contributed by atoms with Crippen molar-refractivity contribution >= 4 is 41.2 Å². The number of carbonyl (C=O) groups excluding carboxylic acids is 3. The second-order valence-corrected chi connectivity index (χ2v) is 7.16. The third kappa shape index (κ3) is 5.16. The maximum atomic E-state index is 12.7. The van der Waals surface area contributed by atoms with E-state index in [2.05, 4.69) is 10.6 Å². The van der Waals surface area contributed by atoms with Crippen LogP contribution < -0.4 is 20.1 Å². The summed E-state index contributed by atoms with van der Waals surface area (Å²) < 4.78 is 10.8. The summed E-state index contributed by atoms with van der Waals surface area (Å²) in [6, 6.07) is 9.70. The zero-order chi connectivity index (χ0) is 22.5. The van der Waals surface area contributed by atoms with Crippen molar-refractivity contribution in [1.29, 1.82) is 0 Å².